The molecule has 1 atom stereocenters. The number of hydrogen-bond acceptors (Lipinski definition) is 3. The highest BCUT2D eigenvalue weighted by Gasteiger charge is 2.31. The Balaban J connectivity index is 2.12. The van der Waals surface area contributed by atoms with E-state index in [9.17, 15) is 9.18 Å². The molecule has 1 saturated heterocycles. The van der Waals surface area contributed by atoms with E-state index in [4.69, 9.17) is 10.3 Å². The summed E-state index contributed by atoms with van der Waals surface area (Å²) in [5.74, 6) is -0.422. The molecule has 17 heavy (non-hydrogen) atoms. The van der Waals surface area contributed by atoms with Crippen LogP contribution in [-0.4, -0.2) is 25.3 Å². The number of hydrogen-bond donors (Lipinski definition) is 0. The van der Waals surface area contributed by atoms with E-state index in [0.29, 0.717) is 5.69 Å². The van der Waals surface area contributed by atoms with Crippen molar-refractivity contribution in [2.24, 2.45) is 5.11 Å². The molecule has 6 nitrogen and oxygen atoms in total. The second-order valence-corrected chi connectivity index (χ2v) is 3.51. The fourth-order valence-corrected chi connectivity index (χ4v) is 1.60. The van der Waals surface area contributed by atoms with Crippen LogP contribution in [0.5, 0.6) is 0 Å². The van der Waals surface area contributed by atoms with Crippen molar-refractivity contribution in [3.05, 3.63) is 40.5 Å². The lowest BCUT2D eigenvalue weighted by Gasteiger charge is -2.12. The van der Waals surface area contributed by atoms with E-state index in [2.05, 4.69) is 10.0 Å². The molecule has 0 aliphatic carbocycles. The molecule has 0 spiro atoms. The van der Waals surface area contributed by atoms with E-state index in [1.54, 1.807) is 6.07 Å². The molecule has 1 fully saturated rings. The maximum Gasteiger partial charge on any atom is 0.414 e. The summed E-state index contributed by atoms with van der Waals surface area (Å²) in [4.78, 5) is 15.4. The first-order chi connectivity index (χ1) is 8.20. The van der Waals surface area contributed by atoms with Crippen LogP contribution < -0.4 is 4.90 Å². The van der Waals surface area contributed by atoms with Crippen molar-refractivity contribution < 1.29 is 13.9 Å². The molecule has 1 unspecified atom stereocenters. The molecular formula is C10H9FN4O2. The number of azide groups is 1. The molecule has 1 aromatic rings. The molecule has 88 valence electrons. The number of anilines is 1. The van der Waals surface area contributed by atoms with Crippen LogP contribution in [0.3, 0.4) is 0 Å². The molecular weight excluding hydrogens is 227 g/mol. The fraction of sp³-hybridized carbons (Fsp3) is 0.300. The lowest BCUT2D eigenvalue weighted by atomic mass is 10.2. The largest absolute Gasteiger partial charge is 0.444 e. The molecule has 1 aliphatic heterocycles. The summed E-state index contributed by atoms with van der Waals surface area (Å²) in [6.45, 7) is 0.329. The van der Waals surface area contributed by atoms with Gasteiger partial charge in [0, 0.05) is 4.91 Å². The van der Waals surface area contributed by atoms with Gasteiger partial charge < -0.3 is 4.74 Å². The van der Waals surface area contributed by atoms with E-state index >= 15 is 0 Å². The molecule has 0 N–H and O–H groups in total. The predicted molar refractivity (Wildman–Crippen MR) is 58.0 cm³/mol. The number of halogens is 1. The fourth-order valence-electron chi connectivity index (χ4n) is 1.60. The van der Waals surface area contributed by atoms with Gasteiger partial charge in [0.1, 0.15) is 11.9 Å². The molecule has 1 heterocycles. The van der Waals surface area contributed by atoms with Crippen LogP contribution in [0.2, 0.25) is 0 Å². The summed E-state index contributed by atoms with van der Waals surface area (Å²) in [5, 5.41) is 3.34. The Bertz CT molecular complexity index is 487. The Hall–Kier alpha value is -2.27. The third-order valence-electron chi connectivity index (χ3n) is 2.34. The van der Waals surface area contributed by atoms with E-state index in [0.717, 1.165) is 0 Å². The number of rotatable bonds is 3. The maximum absolute atomic E-state index is 13.0. The van der Waals surface area contributed by atoms with Crippen molar-refractivity contribution >= 4 is 11.8 Å². The Morgan fingerprint density at radius 2 is 2.47 bits per heavy atom. The van der Waals surface area contributed by atoms with Crippen molar-refractivity contribution in [2.45, 2.75) is 6.10 Å². The molecule has 0 saturated carbocycles. The van der Waals surface area contributed by atoms with Gasteiger partial charge in [0.25, 0.3) is 0 Å². The normalized spacial score (nSPS) is 18.8. The van der Waals surface area contributed by atoms with Crippen LogP contribution in [0.1, 0.15) is 0 Å². The monoisotopic (exact) mass is 236 g/mol. The first-order valence-electron chi connectivity index (χ1n) is 4.95. The van der Waals surface area contributed by atoms with Gasteiger partial charge in [-0.15, -0.1) is 0 Å². The van der Waals surface area contributed by atoms with Crippen molar-refractivity contribution in [3.8, 4) is 0 Å². The van der Waals surface area contributed by atoms with Gasteiger partial charge in [-0.3, -0.25) is 4.90 Å². The predicted octanol–water partition coefficient (Wildman–Crippen LogP) is 2.46. The van der Waals surface area contributed by atoms with Crippen LogP contribution in [-0.2, 0) is 4.74 Å². The minimum absolute atomic E-state index is 0.0774. The number of cyclic esters (lactones) is 1. The van der Waals surface area contributed by atoms with Crippen LogP contribution >= 0.6 is 0 Å². The minimum atomic E-state index is -0.561. The molecule has 7 heteroatoms. The summed E-state index contributed by atoms with van der Waals surface area (Å²) < 4.78 is 18.0. The third kappa shape index (κ3) is 2.46. The van der Waals surface area contributed by atoms with E-state index in [1.165, 1.54) is 23.1 Å². The number of nitrogens with zero attached hydrogens (tertiary/aromatic N) is 4. The van der Waals surface area contributed by atoms with E-state index < -0.39 is 18.0 Å². The third-order valence-corrected chi connectivity index (χ3v) is 2.34. The topological polar surface area (TPSA) is 78.3 Å². The van der Waals surface area contributed by atoms with Gasteiger partial charge in [0.15, 0.2) is 0 Å². The number of carbonyl (C=O) groups excluding carboxylic acids is 1. The Morgan fingerprint density at radius 3 is 3.18 bits per heavy atom. The number of carbonyl (C=O) groups is 1. The van der Waals surface area contributed by atoms with Gasteiger partial charge in [-0.05, 0) is 23.7 Å². The molecule has 0 bridgehead atoms. The highest BCUT2D eigenvalue weighted by atomic mass is 19.1. The Morgan fingerprint density at radius 1 is 1.65 bits per heavy atom. The molecule has 2 rings (SSSR count). The van der Waals surface area contributed by atoms with Gasteiger partial charge >= 0.3 is 6.09 Å². The average molecular weight is 236 g/mol. The molecule has 0 radical (unpaired) electrons. The minimum Gasteiger partial charge on any atom is -0.444 e. The smallest absolute Gasteiger partial charge is 0.414 e. The molecule has 1 aromatic carbocycles. The zero-order valence-electron chi connectivity index (χ0n) is 8.78. The summed E-state index contributed by atoms with van der Waals surface area (Å²) in [6, 6.07) is 5.67. The van der Waals surface area contributed by atoms with Gasteiger partial charge in [-0.1, -0.05) is 11.2 Å². The van der Waals surface area contributed by atoms with Crippen LogP contribution in [0.15, 0.2) is 29.4 Å². The van der Waals surface area contributed by atoms with Crippen molar-refractivity contribution in [1.29, 1.82) is 0 Å². The highest BCUT2D eigenvalue weighted by molar-refractivity contribution is 5.89. The molecule has 1 aliphatic rings. The van der Waals surface area contributed by atoms with Gasteiger partial charge in [-0.2, -0.15) is 0 Å². The lowest BCUT2D eigenvalue weighted by molar-refractivity contribution is 0.145. The highest BCUT2D eigenvalue weighted by Crippen LogP contribution is 2.22. The summed E-state index contributed by atoms with van der Waals surface area (Å²) in [7, 11) is 0. The SMILES string of the molecule is [N-]=[N+]=NCC1CN(c2cccc(F)c2)C(=O)O1. The standard InChI is InChI=1S/C10H9FN4O2/c11-7-2-1-3-8(4-7)15-6-9(5-13-14-12)17-10(15)16/h1-4,9H,5-6H2. The van der Waals surface area contributed by atoms with E-state index in [-0.39, 0.29) is 13.1 Å². The van der Waals surface area contributed by atoms with Crippen molar-refractivity contribution in [3.63, 3.8) is 0 Å². The van der Waals surface area contributed by atoms with Crippen LogP contribution in [0, 0.1) is 5.82 Å². The number of amides is 1. The van der Waals surface area contributed by atoms with Crippen LogP contribution in [0.25, 0.3) is 10.4 Å². The lowest BCUT2D eigenvalue weighted by Crippen LogP contribution is -2.25. The second kappa shape index (κ2) is 4.71. The van der Waals surface area contributed by atoms with Gasteiger partial charge in [0.2, 0.25) is 0 Å². The number of ether oxygens (including phenoxy) is 1. The maximum atomic E-state index is 13.0. The average Bonchev–Trinajstić information content (AvgIpc) is 2.68. The Labute approximate surface area is 96.2 Å². The van der Waals surface area contributed by atoms with Gasteiger partial charge in [0.05, 0.1) is 18.8 Å². The summed E-state index contributed by atoms with van der Waals surface area (Å²) >= 11 is 0. The second-order valence-electron chi connectivity index (χ2n) is 3.51. The van der Waals surface area contributed by atoms with E-state index in [1.807, 2.05) is 0 Å². The first-order valence-corrected chi connectivity index (χ1v) is 4.95. The summed E-state index contributed by atoms with van der Waals surface area (Å²) in [6.07, 6.45) is -1.05. The van der Waals surface area contributed by atoms with Crippen molar-refractivity contribution in [2.75, 3.05) is 18.0 Å². The Kier molecular flexibility index (Phi) is 3.11. The quantitative estimate of drug-likeness (QED) is 0.459. The summed E-state index contributed by atoms with van der Waals surface area (Å²) in [5.41, 5.74) is 8.60. The molecule has 0 aromatic heterocycles. The zero-order valence-corrected chi connectivity index (χ0v) is 8.78. The van der Waals surface area contributed by atoms with Gasteiger partial charge in [-0.25, -0.2) is 9.18 Å². The van der Waals surface area contributed by atoms with Crippen LogP contribution in [0.4, 0.5) is 14.9 Å². The van der Waals surface area contributed by atoms with Crippen molar-refractivity contribution in [1.82, 2.24) is 0 Å². The molecule has 1 amide bonds. The number of benzene rings is 1. The first kappa shape index (κ1) is 11.2. The zero-order chi connectivity index (χ0) is 12.3.